The lowest BCUT2D eigenvalue weighted by Crippen LogP contribution is -2.28. The van der Waals surface area contributed by atoms with Crippen molar-refractivity contribution in [2.24, 2.45) is 5.92 Å². The van der Waals surface area contributed by atoms with Crippen molar-refractivity contribution in [3.05, 3.63) is 46.4 Å². The Labute approximate surface area is 139 Å². The lowest BCUT2D eigenvalue weighted by Gasteiger charge is -2.16. The first-order valence-corrected chi connectivity index (χ1v) is 7.72. The second kappa shape index (κ2) is 6.32. The molecular weight excluding hydrogens is 339 g/mol. The minimum absolute atomic E-state index is 0.0106. The molecule has 0 spiro atoms. The molecule has 0 unspecified atom stereocenters. The van der Waals surface area contributed by atoms with E-state index in [1.807, 2.05) is 0 Å². The Morgan fingerprint density at radius 3 is 2.75 bits per heavy atom. The highest BCUT2D eigenvalue weighted by atomic mass is 32.1. The summed E-state index contributed by atoms with van der Waals surface area (Å²) in [5.74, 6) is -1.69. The van der Waals surface area contributed by atoms with Crippen LogP contribution < -0.4 is 10.2 Å². The van der Waals surface area contributed by atoms with Crippen molar-refractivity contribution in [3.63, 3.8) is 0 Å². The number of thiazole rings is 1. The quantitative estimate of drug-likeness (QED) is 0.672. The number of rotatable bonds is 4. The fourth-order valence-corrected chi connectivity index (χ4v) is 3.00. The zero-order chi connectivity index (χ0) is 17.3. The van der Waals surface area contributed by atoms with Gasteiger partial charge in [-0.3, -0.25) is 19.7 Å². The van der Waals surface area contributed by atoms with Crippen LogP contribution in [-0.2, 0) is 9.59 Å². The van der Waals surface area contributed by atoms with Crippen LogP contribution in [0.15, 0.2) is 30.5 Å². The summed E-state index contributed by atoms with van der Waals surface area (Å²) in [6.45, 7) is 0.157. The lowest BCUT2D eigenvalue weighted by atomic mass is 10.1. The molecule has 2 heterocycles. The largest absolute Gasteiger partial charge is 0.345 e. The summed E-state index contributed by atoms with van der Waals surface area (Å²) >= 11 is 0.745. The summed E-state index contributed by atoms with van der Waals surface area (Å²) in [6, 6.07) is 5.42. The topological polar surface area (TPSA) is 105 Å². The number of nitrogens with one attached hydrogen (secondary N) is 1. The first-order chi connectivity index (χ1) is 11.4. The van der Waals surface area contributed by atoms with Gasteiger partial charge in [-0.25, -0.2) is 9.37 Å². The van der Waals surface area contributed by atoms with Crippen molar-refractivity contribution in [2.75, 3.05) is 16.8 Å². The summed E-state index contributed by atoms with van der Waals surface area (Å²) in [5.41, 5.74) is 0.515. The summed E-state index contributed by atoms with van der Waals surface area (Å²) in [4.78, 5) is 39.5. The van der Waals surface area contributed by atoms with Crippen molar-refractivity contribution in [1.82, 2.24) is 4.98 Å². The molecule has 1 aliphatic heterocycles. The molecule has 10 heteroatoms. The zero-order valence-corrected chi connectivity index (χ0v) is 13.0. The van der Waals surface area contributed by atoms with Gasteiger partial charge in [0, 0.05) is 18.7 Å². The summed E-state index contributed by atoms with van der Waals surface area (Å²) in [7, 11) is 0. The van der Waals surface area contributed by atoms with Crippen LogP contribution in [0.5, 0.6) is 0 Å². The number of aromatic nitrogens is 1. The number of nitrogens with zero attached hydrogens (tertiary/aromatic N) is 3. The van der Waals surface area contributed by atoms with Gasteiger partial charge in [-0.15, -0.1) is 0 Å². The molecule has 1 saturated heterocycles. The van der Waals surface area contributed by atoms with Gasteiger partial charge in [0.05, 0.1) is 10.8 Å². The number of amides is 2. The highest BCUT2D eigenvalue weighted by Gasteiger charge is 2.35. The average molecular weight is 350 g/mol. The number of benzene rings is 1. The van der Waals surface area contributed by atoms with E-state index in [0.29, 0.717) is 5.69 Å². The molecule has 3 rings (SSSR count). The molecule has 124 valence electrons. The number of hydrogen-bond donors (Lipinski definition) is 1. The lowest BCUT2D eigenvalue weighted by molar-refractivity contribution is -0.380. The Hall–Kier alpha value is -2.88. The predicted octanol–water partition coefficient (Wildman–Crippen LogP) is 2.18. The fourth-order valence-electron chi connectivity index (χ4n) is 2.37. The van der Waals surface area contributed by atoms with Gasteiger partial charge in [0.25, 0.3) is 0 Å². The van der Waals surface area contributed by atoms with Crippen molar-refractivity contribution >= 4 is 39.0 Å². The summed E-state index contributed by atoms with van der Waals surface area (Å²) in [6.07, 6.45) is 1.07. The maximum atomic E-state index is 13.0. The van der Waals surface area contributed by atoms with E-state index >= 15 is 0 Å². The van der Waals surface area contributed by atoms with E-state index in [1.54, 1.807) is 0 Å². The molecule has 0 radical (unpaired) electrons. The molecule has 1 aromatic carbocycles. The number of carbonyl (C=O) groups excluding carboxylic acids is 2. The molecule has 1 N–H and O–H groups in total. The zero-order valence-electron chi connectivity index (χ0n) is 12.1. The van der Waals surface area contributed by atoms with Gasteiger partial charge < -0.3 is 10.2 Å². The first-order valence-electron chi connectivity index (χ1n) is 6.91. The fraction of sp³-hybridized carbons (Fsp3) is 0.214. The van der Waals surface area contributed by atoms with Crippen LogP contribution in [0.1, 0.15) is 6.42 Å². The highest BCUT2D eigenvalue weighted by Crippen LogP contribution is 2.28. The molecule has 1 aromatic heterocycles. The van der Waals surface area contributed by atoms with E-state index in [1.165, 1.54) is 29.2 Å². The Morgan fingerprint density at radius 1 is 1.42 bits per heavy atom. The third-order valence-electron chi connectivity index (χ3n) is 3.54. The first kappa shape index (κ1) is 16.0. The smallest absolute Gasteiger partial charge is 0.312 e. The predicted molar refractivity (Wildman–Crippen MR) is 84.3 cm³/mol. The number of anilines is 2. The van der Waals surface area contributed by atoms with Gasteiger partial charge in [-0.1, -0.05) is 0 Å². The van der Waals surface area contributed by atoms with Crippen molar-refractivity contribution < 1.29 is 18.9 Å². The van der Waals surface area contributed by atoms with Gasteiger partial charge in [0.15, 0.2) is 5.13 Å². The molecule has 1 fully saturated rings. The maximum absolute atomic E-state index is 13.0. The number of hydrogen-bond acceptors (Lipinski definition) is 6. The molecule has 0 bridgehead atoms. The standard InChI is InChI=1S/C14H11FN4O4S/c15-9-1-3-10(4-2-9)18-7-8(5-11(18)20)13(21)17-14-16-6-12(24-14)19(22)23/h1-4,6,8H,5,7H2,(H,16,17,21)/t8-/m1/s1. The monoisotopic (exact) mass is 350 g/mol. The van der Waals surface area contributed by atoms with Crippen LogP contribution in [-0.4, -0.2) is 28.3 Å². The third-order valence-corrected chi connectivity index (χ3v) is 4.40. The van der Waals surface area contributed by atoms with Crippen molar-refractivity contribution in [3.8, 4) is 0 Å². The SMILES string of the molecule is O=C(Nc1ncc([N+](=O)[O-])s1)[C@@H]1CC(=O)N(c2ccc(F)cc2)C1. The Bertz CT molecular complexity index is 807. The number of halogens is 1. The summed E-state index contributed by atoms with van der Waals surface area (Å²) in [5, 5.41) is 13.0. The number of nitro groups is 1. The molecule has 8 nitrogen and oxygen atoms in total. The molecule has 1 aliphatic rings. The van der Waals surface area contributed by atoms with E-state index in [0.717, 1.165) is 17.5 Å². The second-order valence-electron chi connectivity index (χ2n) is 5.13. The third kappa shape index (κ3) is 3.23. The summed E-state index contributed by atoms with van der Waals surface area (Å²) < 4.78 is 13.0. The molecule has 24 heavy (non-hydrogen) atoms. The van der Waals surface area contributed by atoms with Crippen LogP contribution in [0.4, 0.5) is 20.2 Å². The van der Waals surface area contributed by atoms with Gasteiger partial charge in [-0.2, -0.15) is 0 Å². The van der Waals surface area contributed by atoms with Gasteiger partial charge in [-0.05, 0) is 35.6 Å². The number of carbonyl (C=O) groups is 2. The van der Waals surface area contributed by atoms with Crippen LogP contribution in [0.3, 0.4) is 0 Å². The molecule has 0 aliphatic carbocycles. The van der Waals surface area contributed by atoms with Gasteiger partial charge in [0.1, 0.15) is 12.0 Å². The molecule has 2 amide bonds. The molecule has 2 aromatic rings. The Morgan fingerprint density at radius 2 is 2.12 bits per heavy atom. The van der Waals surface area contributed by atoms with Crippen molar-refractivity contribution in [1.29, 1.82) is 0 Å². The van der Waals surface area contributed by atoms with E-state index in [2.05, 4.69) is 10.3 Å². The van der Waals surface area contributed by atoms with Gasteiger partial charge >= 0.3 is 5.00 Å². The van der Waals surface area contributed by atoms with E-state index < -0.39 is 22.6 Å². The molecular formula is C14H11FN4O4S. The molecule has 0 saturated carbocycles. The molecule has 1 atom stereocenters. The maximum Gasteiger partial charge on any atom is 0.345 e. The van der Waals surface area contributed by atoms with Gasteiger partial charge in [0.2, 0.25) is 11.8 Å². The average Bonchev–Trinajstić information content (AvgIpc) is 3.15. The second-order valence-corrected chi connectivity index (χ2v) is 6.14. The van der Waals surface area contributed by atoms with Crippen LogP contribution in [0.2, 0.25) is 0 Å². The Kier molecular flexibility index (Phi) is 4.21. The van der Waals surface area contributed by atoms with Crippen LogP contribution >= 0.6 is 11.3 Å². The van der Waals surface area contributed by atoms with Crippen LogP contribution in [0.25, 0.3) is 0 Å². The van der Waals surface area contributed by atoms with E-state index in [4.69, 9.17) is 0 Å². The van der Waals surface area contributed by atoms with E-state index in [-0.39, 0.29) is 29.0 Å². The minimum Gasteiger partial charge on any atom is -0.312 e. The van der Waals surface area contributed by atoms with Crippen LogP contribution in [0, 0.1) is 21.8 Å². The van der Waals surface area contributed by atoms with Crippen molar-refractivity contribution in [2.45, 2.75) is 6.42 Å². The normalized spacial score (nSPS) is 17.1. The Balaban J connectivity index is 1.67. The minimum atomic E-state index is -0.606. The highest BCUT2D eigenvalue weighted by molar-refractivity contribution is 7.18. The van der Waals surface area contributed by atoms with E-state index in [9.17, 15) is 24.1 Å².